The Labute approximate surface area is 101 Å². The lowest BCUT2D eigenvalue weighted by molar-refractivity contribution is 0.195. The van der Waals surface area contributed by atoms with Gasteiger partial charge >= 0.3 is 0 Å². The van der Waals surface area contributed by atoms with E-state index >= 15 is 0 Å². The van der Waals surface area contributed by atoms with Gasteiger partial charge in [0.2, 0.25) is 0 Å². The van der Waals surface area contributed by atoms with Crippen LogP contribution >= 0.6 is 11.8 Å². The van der Waals surface area contributed by atoms with Crippen LogP contribution in [-0.2, 0) is 6.42 Å². The van der Waals surface area contributed by atoms with Gasteiger partial charge in [-0.25, -0.2) is 0 Å². The van der Waals surface area contributed by atoms with Crippen LogP contribution in [0.1, 0.15) is 12.5 Å². The van der Waals surface area contributed by atoms with Gasteiger partial charge in [0, 0.05) is 0 Å². The third-order valence-corrected chi connectivity index (χ3v) is 3.00. The molecule has 0 fully saturated rings. The molecule has 1 aromatic carbocycles. The molecule has 0 saturated carbocycles. The van der Waals surface area contributed by atoms with Crippen LogP contribution in [0.3, 0.4) is 0 Å². The van der Waals surface area contributed by atoms with E-state index in [1.54, 1.807) is 32.9 Å². The molecule has 0 aliphatic carbocycles. The lowest BCUT2D eigenvalue weighted by atomic mass is 10.1. The fourth-order valence-electron chi connectivity index (χ4n) is 1.59. The summed E-state index contributed by atoms with van der Waals surface area (Å²) in [5.74, 6) is 1.47. The monoisotopic (exact) mass is 242 g/mol. The van der Waals surface area contributed by atoms with Crippen LogP contribution in [0.25, 0.3) is 0 Å². The fourth-order valence-corrected chi connectivity index (χ4v) is 2.23. The molecule has 0 radical (unpaired) electrons. The maximum Gasteiger partial charge on any atom is 0.174 e. The van der Waals surface area contributed by atoms with Crippen molar-refractivity contribution in [2.45, 2.75) is 24.3 Å². The number of hydrogen-bond acceptors (Lipinski definition) is 4. The normalized spacial score (nSPS) is 12.3. The molecule has 1 rings (SSSR count). The molecule has 0 saturated heterocycles. The number of ether oxygens (including phenoxy) is 2. The molecule has 0 bridgehead atoms. The summed E-state index contributed by atoms with van der Waals surface area (Å²) in [5.41, 5.74) is 1.05. The van der Waals surface area contributed by atoms with Gasteiger partial charge in [-0.15, -0.1) is 11.8 Å². The lowest BCUT2D eigenvalue weighted by Crippen LogP contribution is -2.05. The van der Waals surface area contributed by atoms with Gasteiger partial charge in [0.15, 0.2) is 11.5 Å². The van der Waals surface area contributed by atoms with Gasteiger partial charge in [-0.3, -0.25) is 0 Å². The highest BCUT2D eigenvalue weighted by molar-refractivity contribution is 7.98. The first kappa shape index (κ1) is 13.2. The van der Waals surface area contributed by atoms with Gasteiger partial charge in [0.25, 0.3) is 0 Å². The zero-order chi connectivity index (χ0) is 12.1. The van der Waals surface area contributed by atoms with Crippen molar-refractivity contribution in [3.63, 3.8) is 0 Å². The summed E-state index contributed by atoms with van der Waals surface area (Å²) in [7, 11) is 3.25. The smallest absolute Gasteiger partial charge is 0.174 e. The second kappa shape index (κ2) is 6.01. The van der Waals surface area contributed by atoms with Crippen LogP contribution < -0.4 is 9.47 Å². The Bertz CT molecular complexity index is 325. The zero-order valence-corrected chi connectivity index (χ0v) is 10.9. The SMILES string of the molecule is COc1cc(CC(C)O)cc(SC)c1OC. The Morgan fingerprint density at radius 1 is 1.31 bits per heavy atom. The average Bonchev–Trinajstić information content (AvgIpc) is 2.26. The summed E-state index contributed by atoms with van der Waals surface area (Å²) < 4.78 is 10.6. The molecule has 3 nitrogen and oxygen atoms in total. The zero-order valence-electron chi connectivity index (χ0n) is 10.1. The van der Waals surface area contributed by atoms with Crippen LogP contribution in [-0.4, -0.2) is 31.7 Å². The van der Waals surface area contributed by atoms with Crippen LogP contribution in [0.5, 0.6) is 11.5 Å². The predicted octanol–water partition coefficient (Wildman–Crippen LogP) is 2.35. The first-order valence-electron chi connectivity index (χ1n) is 5.09. The summed E-state index contributed by atoms with van der Waals surface area (Å²) in [5, 5.41) is 9.38. The lowest BCUT2D eigenvalue weighted by Gasteiger charge is -2.14. The number of methoxy groups -OCH3 is 2. The molecule has 1 unspecified atom stereocenters. The van der Waals surface area contributed by atoms with Crippen LogP contribution in [0, 0.1) is 0 Å². The van der Waals surface area contributed by atoms with Gasteiger partial charge in [-0.2, -0.15) is 0 Å². The quantitative estimate of drug-likeness (QED) is 0.804. The van der Waals surface area contributed by atoms with Crippen LogP contribution in [0.2, 0.25) is 0 Å². The van der Waals surface area contributed by atoms with E-state index in [0.29, 0.717) is 12.2 Å². The summed E-state index contributed by atoms with van der Waals surface area (Å²) in [4.78, 5) is 1.03. The second-order valence-corrected chi connectivity index (χ2v) is 4.43. The minimum Gasteiger partial charge on any atom is -0.493 e. The highest BCUT2D eigenvalue weighted by Crippen LogP contribution is 2.38. The van der Waals surface area contributed by atoms with E-state index in [1.807, 2.05) is 18.4 Å². The van der Waals surface area contributed by atoms with E-state index in [-0.39, 0.29) is 6.10 Å². The fraction of sp³-hybridized carbons (Fsp3) is 0.500. The third kappa shape index (κ3) is 3.06. The molecule has 0 amide bonds. The van der Waals surface area contributed by atoms with Crippen molar-refractivity contribution < 1.29 is 14.6 Å². The molecule has 0 aliphatic heterocycles. The first-order chi connectivity index (χ1) is 7.62. The molecular weight excluding hydrogens is 224 g/mol. The van der Waals surface area contributed by atoms with Gasteiger partial charge in [0.05, 0.1) is 25.2 Å². The Kier molecular flexibility index (Phi) is 4.96. The summed E-state index contributed by atoms with van der Waals surface area (Å²) in [6.07, 6.45) is 2.25. The average molecular weight is 242 g/mol. The summed E-state index contributed by atoms with van der Waals surface area (Å²) >= 11 is 1.60. The molecule has 1 N–H and O–H groups in total. The maximum atomic E-state index is 9.38. The van der Waals surface area contributed by atoms with E-state index < -0.39 is 0 Å². The summed E-state index contributed by atoms with van der Waals surface area (Å²) in [6.45, 7) is 1.77. The van der Waals surface area contributed by atoms with Crippen molar-refractivity contribution >= 4 is 11.8 Å². The largest absolute Gasteiger partial charge is 0.493 e. The van der Waals surface area contributed by atoms with Crippen LogP contribution in [0.4, 0.5) is 0 Å². The Balaban J connectivity index is 3.15. The number of aliphatic hydroxyl groups is 1. The Morgan fingerprint density at radius 2 is 2.00 bits per heavy atom. The highest BCUT2D eigenvalue weighted by Gasteiger charge is 2.12. The molecule has 0 spiro atoms. The van der Waals surface area contributed by atoms with Crippen molar-refractivity contribution in [2.24, 2.45) is 0 Å². The first-order valence-corrected chi connectivity index (χ1v) is 6.31. The van der Waals surface area contributed by atoms with E-state index in [4.69, 9.17) is 9.47 Å². The molecule has 0 heterocycles. The van der Waals surface area contributed by atoms with Crippen LogP contribution in [0.15, 0.2) is 17.0 Å². The number of hydrogen-bond donors (Lipinski definition) is 1. The van der Waals surface area contributed by atoms with E-state index in [2.05, 4.69) is 0 Å². The molecule has 1 atom stereocenters. The van der Waals surface area contributed by atoms with Gasteiger partial charge in [0.1, 0.15) is 0 Å². The topological polar surface area (TPSA) is 38.7 Å². The minimum atomic E-state index is -0.354. The number of rotatable bonds is 5. The van der Waals surface area contributed by atoms with Crippen molar-refractivity contribution in [1.29, 1.82) is 0 Å². The molecule has 0 aromatic heterocycles. The third-order valence-electron chi connectivity index (χ3n) is 2.26. The van der Waals surface area contributed by atoms with E-state index in [0.717, 1.165) is 16.2 Å². The van der Waals surface area contributed by atoms with Crippen molar-refractivity contribution in [3.8, 4) is 11.5 Å². The van der Waals surface area contributed by atoms with Gasteiger partial charge in [-0.1, -0.05) is 0 Å². The van der Waals surface area contributed by atoms with Gasteiger partial charge < -0.3 is 14.6 Å². The minimum absolute atomic E-state index is 0.354. The molecule has 1 aromatic rings. The molecule has 16 heavy (non-hydrogen) atoms. The predicted molar refractivity (Wildman–Crippen MR) is 66.7 cm³/mol. The Hall–Kier alpha value is -0.870. The summed E-state index contributed by atoms with van der Waals surface area (Å²) in [6, 6.07) is 3.93. The molecular formula is C12H18O3S. The van der Waals surface area contributed by atoms with Crippen molar-refractivity contribution in [3.05, 3.63) is 17.7 Å². The number of benzene rings is 1. The molecule has 4 heteroatoms. The second-order valence-electron chi connectivity index (χ2n) is 3.59. The van der Waals surface area contributed by atoms with Gasteiger partial charge in [-0.05, 0) is 37.3 Å². The maximum absolute atomic E-state index is 9.38. The van der Waals surface area contributed by atoms with E-state index in [9.17, 15) is 5.11 Å². The number of thioether (sulfide) groups is 1. The highest BCUT2D eigenvalue weighted by atomic mass is 32.2. The molecule has 0 aliphatic rings. The van der Waals surface area contributed by atoms with Crippen molar-refractivity contribution in [2.75, 3.05) is 20.5 Å². The Morgan fingerprint density at radius 3 is 2.44 bits per heavy atom. The van der Waals surface area contributed by atoms with Crippen molar-refractivity contribution in [1.82, 2.24) is 0 Å². The standard InChI is InChI=1S/C12H18O3S/c1-8(13)5-9-6-10(14-2)12(15-3)11(7-9)16-4/h6-8,13H,5H2,1-4H3. The number of aliphatic hydroxyl groups excluding tert-OH is 1. The molecule has 90 valence electrons. The van der Waals surface area contributed by atoms with E-state index in [1.165, 1.54) is 0 Å².